The summed E-state index contributed by atoms with van der Waals surface area (Å²) in [7, 11) is -3.87. The Balaban J connectivity index is 1.82. The van der Waals surface area contributed by atoms with Crippen molar-refractivity contribution in [3.05, 3.63) is 83.2 Å². The number of fused-ring (bicyclic) bond motifs is 1. The largest absolute Gasteiger partial charge is 0.433 e. The second kappa shape index (κ2) is 9.69. The first kappa shape index (κ1) is 28.1. The van der Waals surface area contributed by atoms with Crippen molar-refractivity contribution in [2.45, 2.75) is 43.6 Å². The van der Waals surface area contributed by atoms with Crippen LogP contribution in [0.25, 0.3) is 16.9 Å². The molecule has 0 atom stereocenters. The molecule has 0 saturated carbocycles. The van der Waals surface area contributed by atoms with Gasteiger partial charge in [-0.1, -0.05) is 30.0 Å². The van der Waals surface area contributed by atoms with Crippen molar-refractivity contribution in [2.24, 2.45) is 0 Å². The highest BCUT2D eigenvalue weighted by molar-refractivity contribution is 7.89. The minimum absolute atomic E-state index is 0.0459. The first-order valence-electron chi connectivity index (χ1n) is 11.2. The van der Waals surface area contributed by atoms with Gasteiger partial charge in [-0.3, -0.25) is 0 Å². The molecular formula is C26H20F6N4O2S. The van der Waals surface area contributed by atoms with Crippen LogP contribution in [0.3, 0.4) is 0 Å². The third kappa shape index (κ3) is 6.40. The maximum atomic E-state index is 13.8. The fourth-order valence-electron chi connectivity index (χ4n) is 3.60. The number of hydrogen-bond acceptors (Lipinski definition) is 4. The Morgan fingerprint density at radius 3 is 2.21 bits per heavy atom. The fraction of sp³-hybridized carbons (Fsp3) is 0.231. The first-order chi connectivity index (χ1) is 17.9. The molecule has 0 unspecified atom stereocenters. The maximum absolute atomic E-state index is 13.8. The number of hydrogen-bond donors (Lipinski definition) is 1. The van der Waals surface area contributed by atoms with Gasteiger partial charge >= 0.3 is 12.4 Å². The molecule has 1 N–H and O–H groups in total. The van der Waals surface area contributed by atoms with Gasteiger partial charge in [-0.05, 0) is 57.2 Å². The lowest BCUT2D eigenvalue weighted by molar-refractivity contribution is -0.142. The van der Waals surface area contributed by atoms with E-state index in [0.29, 0.717) is 16.6 Å². The van der Waals surface area contributed by atoms with E-state index in [0.717, 1.165) is 18.3 Å². The summed E-state index contributed by atoms with van der Waals surface area (Å²) < 4.78 is 109. The SMILES string of the molecule is CC(C)(C)NS(=O)(=O)c1cccc(C#Cc2cnn3c(C(F)(F)F)cc(-c4cccc(C(F)(F)F)c4)nc23)c1. The van der Waals surface area contributed by atoms with Crippen LogP contribution < -0.4 is 4.72 Å². The molecule has 0 spiro atoms. The van der Waals surface area contributed by atoms with Crippen molar-refractivity contribution >= 4 is 15.7 Å². The zero-order chi connectivity index (χ0) is 28.8. The van der Waals surface area contributed by atoms with Crippen molar-refractivity contribution in [1.82, 2.24) is 19.3 Å². The van der Waals surface area contributed by atoms with Gasteiger partial charge in [0.1, 0.15) is 0 Å². The summed E-state index contributed by atoms with van der Waals surface area (Å²) in [5.41, 5.74) is -3.70. The molecule has 0 saturated heterocycles. The van der Waals surface area contributed by atoms with Crippen LogP contribution in [0.15, 0.2) is 65.7 Å². The number of nitrogens with one attached hydrogen (secondary N) is 1. The Morgan fingerprint density at radius 1 is 0.872 bits per heavy atom. The van der Waals surface area contributed by atoms with Gasteiger partial charge in [0.25, 0.3) is 0 Å². The van der Waals surface area contributed by atoms with Gasteiger partial charge < -0.3 is 0 Å². The summed E-state index contributed by atoms with van der Waals surface area (Å²) in [5.74, 6) is 5.34. The number of alkyl halides is 6. The van der Waals surface area contributed by atoms with E-state index in [1.165, 1.54) is 30.3 Å². The monoisotopic (exact) mass is 566 g/mol. The zero-order valence-electron chi connectivity index (χ0n) is 20.6. The lowest BCUT2D eigenvalue weighted by atomic mass is 10.1. The fourth-order valence-corrected chi connectivity index (χ4v) is 5.06. The van der Waals surface area contributed by atoms with Crippen LogP contribution in [0.1, 0.15) is 43.2 Å². The molecule has 0 amide bonds. The highest BCUT2D eigenvalue weighted by atomic mass is 32.2. The molecule has 0 aliphatic rings. The van der Waals surface area contributed by atoms with Crippen LogP contribution in [-0.2, 0) is 22.4 Å². The molecule has 0 aliphatic carbocycles. The molecule has 6 nitrogen and oxygen atoms in total. The first-order valence-corrected chi connectivity index (χ1v) is 12.7. The van der Waals surface area contributed by atoms with Gasteiger partial charge in [-0.15, -0.1) is 0 Å². The predicted molar refractivity (Wildman–Crippen MR) is 131 cm³/mol. The second-order valence-corrected chi connectivity index (χ2v) is 11.2. The Kier molecular flexibility index (Phi) is 6.99. The molecule has 2 aromatic heterocycles. The summed E-state index contributed by atoms with van der Waals surface area (Å²) in [6.07, 6.45) is -8.57. The summed E-state index contributed by atoms with van der Waals surface area (Å²) in [5, 5.41) is 3.73. The van der Waals surface area contributed by atoms with E-state index in [2.05, 4.69) is 26.6 Å². The molecule has 0 bridgehead atoms. The molecule has 0 aliphatic heterocycles. The predicted octanol–water partition coefficient (Wildman–Crippen LogP) is 5.91. The molecule has 0 fully saturated rings. The van der Waals surface area contributed by atoms with Gasteiger partial charge in [0.2, 0.25) is 10.0 Å². The molecule has 13 heteroatoms. The Morgan fingerprint density at radius 2 is 1.56 bits per heavy atom. The molecule has 4 rings (SSSR count). The van der Waals surface area contributed by atoms with Crippen LogP contribution in [0, 0.1) is 11.8 Å². The van der Waals surface area contributed by atoms with E-state index in [1.807, 2.05) is 0 Å². The van der Waals surface area contributed by atoms with Gasteiger partial charge in [0.15, 0.2) is 11.3 Å². The molecule has 2 aromatic carbocycles. The van der Waals surface area contributed by atoms with Gasteiger partial charge in [-0.2, -0.15) is 31.4 Å². The lowest BCUT2D eigenvalue weighted by Gasteiger charge is -2.20. The molecule has 4 aromatic rings. The minimum atomic E-state index is -4.91. The van der Waals surface area contributed by atoms with Gasteiger partial charge in [-0.25, -0.2) is 22.6 Å². The number of halogens is 6. The van der Waals surface area contributed by atoms with E-state index in [4.69, 9.17) is 0 Å². The summed E-state index contributed by atoms with van der Waals surface area (Å²) in [6, 6.07) is 10.1. The maximum Gasteiger partial charge on any atom is 0.433 e. The smallest absolute Gasteiger partial charge is 0.227 e. The third-order valence-electron chi connectivity index (χ3n) is 5.17. The van der Waals surface area contributed by atoms with E-state index >= 15 is 0 Å². The summed E-state index contributed by atoms with van der Waals surface area (Å²) in [6.45, 7) is 5.03. The number of benzene rings is 2. The topological polar surface area (TPSA) is 76.4 Å². The molecule has 39 heavy (non-hydrogen) atoms. The summed E-state index contributed by atoms with van der Waals surface area (Å²) in [4.78, 5) is 4.08. The average molecular weight is 567 g/mol. The van der Waals surface area contributed by atoms with E-state index < -0.39 is 39.2 Å². The second-order valence-electron chi connectivity index (χ2n) is 9.53. The van der Waals surface area contributed by atoms with Crippen LogP contribution >= 0.6 is 0 Å². The highest BCUT2D eigenvalue weighted by Gasteiger charge is 2.36. The van der Waals surface area contributed by atoms with E-state index in [1.54, 1.807) is 20.8 Å². The van der Waals surface area contributed by atoms with Gasteiger partial charge in [0, 0.05) is 16.7 Å². The van der Waals surface area contributed by atoms with Gasteiger partial charge in [0.05, 0.1) is 27.9 Å². The highest BCUT2D eigenvalue weighted by Crippen LogP contribution is 2.35. The van der Waals surface area contributed by atoms with Crippen molar-refractivity contribution in [2.75, 3.05) is 0 Å². The van der Waals surface area contributed by atoms with E-state index in [9.17, 15) is 34.8 Å². The average Bonchev–Trinajstić information content (AvgIpc) is 3.22. The molecule has 2 heterocycles. The van der Waals surface area contributed by atoms with E-state index in [-0.39, 0.29) is 32.9 Å². The normalized spacial score (nSPS) is 12.8. The number of rotatable bonds is 3. The van der Waals surface area contributed by atoms with Crippen LogP contribution in [0.4, 0.5) is 26.3 Å². The number of sulfonamides is 1. The number of aromatic nitrogens is 3. The number of nitrogens with zero attached hydrogens (tertiary/aromatic N) is 3. The quantitative estimate of drug-likeness (QED) is 0.247. The lowest BCUT2D eigenvalue weighted by Crippen LogP contribution is -2.40. The zero-order valence-corrected chi connectivity index (χ0v) is 21.4. The Hall–Kier alpha value is -3.89. The molecular weight excluding hydrogens is 546 g/mol. The standard InChI is InChI=1S/C26H20F6N4O2S/c1-24(2,3)35-39(37,38)20-9-4-6-16(12-20)10-11-18-15-33-36-22(26(30,31)32)14-21(34-23(18)36)17-7-5-8-19(13-17)25(27,28)29/h4-9,12-15,35H,1-3H3. The Labute approximate surface area is 219 Å². The van der Waals surface area contributed by atoms with Crippen LogP contribution in [0.2, 0.25) is 0 Å². The molecule has 204 valence electrons. The molecule has 0 radical (unpaired) electrons. The Bertz CT molecular complexity index is 1720. The minimum Gasteiger partial charge on any atom is -0.227 e. The van der Waals surface area contributed by atoms with Crippen LogP contribution in [-0.4, -0.2) is 28.6 Å². The van der Waals surface area contributed by atoms with Crippen molar-refractivity contribution in [3.8, 4) is 23.1 Å². The summed E-state index contributed by atoms with van der Waals surface area (Å²) >= 11 is 0. The van der Waals surface area contributed by atoms with Crippen molar-refractivity contribution in [1.29, 1.82) is 0 Å². The van der Waals surface area contributed by atoms with Crippen LogP contribution in [0.5, 0.6) is 0 Å². The third-order valence-corrected chi connectivity index (χ3v) is 6.93. The van der Waals surface area contributed by atoms with Crippen molar-refractivity contribution in [3.63, 3.8) is 0 Å². The van der Waals surface area contributed by atoms with Crippen molar-refractivity contribution < 1.29 is 34.8 Å².